The molecule has 1 saturated heterocycles. The lowest BCUT2D eigenvalue weighted by atomic mass is 10.2. The van der Waals surface area contributed by atoms with E-state index in [0.29, 0.717) is 0 Å². The zero-order chi connectivity index (χ0) is 11.4. The molecular formula is C13H25NS. The summed E-state index contributed by atoms with van der Waals surface area (Å²) in [6.45, 7) is 6.75. The van der Waals surface area contributed by atoms with Crippen molar-refractivity contribution < 1.29 is 0 Å². The van der Waals surface area contributed by atoms with Crippen LogP contribution in [-0.4, -0.2) is 19.3 Å². The minimum atomic E-state index is 1.23. The van der Waals surface area contributed by atoms with Crippen LogP contribution < -0.4 is 5.32 Å². The molecule has 0 radical (unpaired) electrons. The lowest BCUT2D eigenvalue weighted by Crippen LogP contribution is -2.29. The Morgan fingerprint density at radius 3 is 2.00 bits per heavy atom. The molecule has 0 saturated carbocycles. The lowest BCUT2D eigenvalue weighted by Gasteiger charge is -2.09. The molecule has 0 bridgehead atoms. The van der Waals surface area contributed by atoms with E-state index in [1.807, 2.05) is 11.8 Å². The average Bonchev–Trinajstić information content (AvgIpc) is 2.18. The van der Waals surface area contributed by atoms with Crippen LogP contribution in [0.2, 0.25) is 0 Å². The fourth-order valence-corrected chi connectivity index (χ4v) is 1.43. The van der Waals surface area contributed by atoms with Crippen LogP contribution in [0.3, 0.4) is 0 Å². The molecule has 1 nitrogen and oxygen atoms in total. The van der Waals surface area contributed by atoms with Gasteiger partial charge in [-0.1, -0.05) is 38.5 Å². The van der Waals surface area contributed by atoms with Crippen LogP contribution >= 0.6 is 11.8 Å². The Bertz CT molecular complexity index is 177. The van der Waals surface area contributed by atoms with Gasteiger partial charge < -0.3 is 5.32 Å². The van der Waals surface area contributed by atoms with E-state index in [0.717, 1.165) is 0 Å². The van der Waals surface area contributed by atoms with E-state index >= 15 is 0 Å². The molecule has 2 aliphatic rings. The van der Waals surface area contributed by atoms with Gasteiger partial charge in [-0.2, -0.15) is 0 Å². The molecule has 1 aliphatic heterocycles. The first-order valence-electron chi connectivity index (χ1n) is 5.96. The van der Waals surface area contributed by atoms with Gasteiger partial charge >= 0.3 is 0 Å². The van der Waals surface area contributed by atoms with E-state index in [9.17, 15) is 0 Å². The minimum absolute atomic E-state index is 1.23. The molecule has 0 amide bonds. The summed E-state index contributed by atoms with van der Waals surface area (Å²) in [5.41, 5.74) is 0. The summed E-state index contributed by atoms with van der Waals surface area (Å²) in [4.78, 5) is 1.41. The van der Waals surface area contributed by atoms with Crippen molar-refractivity contribution in [1.82, 2.24) is 5.32 Å². The molecule has 0 aromatic heterocycles. The molecule has 15 heavy (non-hydrogen) atoms. The predicted molar refractivity (Wildman–Crippen MR) is 73.4 cm³/mol. The monoisotopic (exact) mass is 227 g/mol. The quantitative estimate of drug-likeness (QED) is 0.727. The Morgan fingerprint density at radius 1 is 1.27 bits per heavy atom. The summed E-state index contributed by atoms with van der Waals surface area (Å²) in [5, 5.41) is 3.11. The maximum absolute atomic E-state index is 3.11. The Balaban J connectivity index is 0.000000234. The van der Waals surface area contributed by atoms with E-state index in [1.165, 1.54) is 43.7 Å². The highest BCUT2D eigenvalue weighted by Crippen LogP contribution is 2.18. The largest absolute Gasteiger partial charge is 0.317 e. The second-order valence-corrected chi connectivity index (χ2v) is 4.48. The van der Waals surface area contributed by atoms with E-state index in [4.69, 9.17) is 0 Å². The SMILES string of the molecule is C1CNC1.CCC.CSC1=CCCC=C1. The van der Waals surface area contributed by atoms with Crippen LogP contribution in [0.4, 0.5) is 0 Å². The lowest BCUT2D eigenvalue weighted by molar-refractivity contribution is 0.527. The predicted octanol–water partition coefficient (Wildman–Crippen LogP) is 3.98. The van der Waals surface area contributed by atoms with Crippen molar-refractivity contribution in [3.05, 3.63) is 23.1 Å². The van der Waals surface area contributed by atoms with Crippen molar-refractivity contribution in [2.24, 2.45) is 0 Å². The van der Waals surface area contributed by atoms with Crippen LogP contribution in [0, 0.1) is 0 Å². The molecule has 88 valence electrons. The number of allylic oxidation sites excluding steroid dienone is 3. The number of hydrogen-bond donors (Lipinski definition) is 1. The van der Waals surface area contributed by atoms with Crippen molar-refractivity contribution in [1.29, 1.82) is 0 Å². The summed E-state index contributed by atoms with van der Waals surface area (Å²) in [5.74, 6) is 0. The van der Waals surface area contributed by atoms with E-state index < -0.39 is 0 Å². The normalized spacial score (nSPS) is 17.4. The van der Waals surface area contributed by atoms with Gasteiger partial charge in [0.15, 0.2) is 0 Å². The van der Waals surface area contributed by atoms with E-state index in [2.05, 4.69) is 43.6 Å². The third-order valence-corrected chi connectivity index (χ3v) is 2.68. The van der Waals surface area contributed by atoms with Gasteiger partial charge in [0, 0.05) is 4.91 Å². The second kappa shape index (κ2) is 11.9. The maximum Gasteiger partial charge on any atom is 0.00261 e. The smallest absolute Gasteiger partial charge is 0.00261 e. The number of nitrogens with one attached hydrogen (secondary N) is 1. The summed E-state index contributed by atoms with van der Waals surface area (Å²) < 4.78 is 0. The topological polar surface area (TPSA) is 12.0 Å². The van der Waals surface area contributed by atoms with Gasteiger partial charge in [0.25, 0.3) is 0 Å². The Morgan fingerprint density at radius 2 is 1.80 bits per heavy atom. The number of thioether (sulfide) groups is 1. The van der Waals surface area contributed by atoms with Crippen molar-refractivity contribution >= 4 is 11.8 Å². The highest BCUT2D eigenvalue weighted by molar-refractivity contribution is 8.02. The first-order valence-corrected chi connectivity index (χ1v) is 7.19. The van der Waals surface area contributed by atoms with Crippen molar-refractivity contribution in [3.8, 4) is 0 Å². The Labute approximate surface area is 99.4 Å². The van der Waals surface area contributed by atoms with Crippen LogP contribution in [-0.2, 0) is 0 Å². The molecular weight excluding hydrogens is 202 g/mol. The third-order valence-electron chi connectivity index (χ3n) is 1.90. The molecule has 0 unspecified atom stereocenters. The zero-order valence-electron chi connectivity index (χ0n) is 10.4. The highest BCUT2D eigenvalue weighted by Gasteiger charge is 1.92. The first-order chi connectivity index (χ1) is 7.35. The average molecular weight is 227 g/mol. The fourth-order valence-electron chi connectivity index (χ4n) is 0.917. The molecule has 1 aliphatic carbocycles. The standard InChI is InChI=1S/C7H10S.C3H7N.C3H8/c1-8-7-5-3-2-4-6-7;1-2-4-3-1;1-3-2/h3,5-6H,2,4H2,1H3;4H,1-3H2;3H2,1-2H3. The molecule has 0 spiro atoms. The number of rotatable bonds is 1. The fraction of sp³-hybridized carbons (Fsp3) is 0.692. The molecule has 1 N–H and O–H groups in total. The summed E-state index contributed by atoms with van der Waals surface area (Å²) in [6, 6.07) is 0. The molecule has 2 heteroatoms. The summed E-state index contributed by atoms with van der Waals surface area (Å²) in [7, 11) is 0. The van der Waals surface area contributed by atoms with E-state index in [-0.39, 0.29) is 0 Å². The summed E-state index contributed by atoms with van der Waals surface area (Å²) in [6.07, 6.45) is 13.9. The number of hydrogen-bond acceptors (Lipinski definition) is 2. The molecule has 0 aromatic rings. The van der Waals surface area contributed by atoms with Crippen LogP contribution in [0.15, 0.2) is 23.1 Å². The van der Waals surface area contributed by atoms with Crippen LogP contribution in [0.5, 0.6) is 0 Å². The Hall–Kier alpha value is -0.210. The minimum Gasteiger partial charge on any atom is -0.317 e. The van der Waals surface area contributed by atoms with Gasteiger partial charge in [0.1, 0.15) is 0 Å². The molecule has 2 rings (SSSR count). The van der Waals surface area contributed by atoms with Gasteiger partial charge in [-0.3, -0.25) is 0 Å². The van der Waals surface area contributed by atoms with Gasteiger partial charge in [-0.15, -0.1) is 11.8 Å². The molecule has 0 atom stereocenters. The van der Waals surface area contributed by atoms with Crippen molar-refractivity contribution in [3.63, 3.8) is 0 Å². The van der Waals surface area contributed by atoms with Crippen molar-refractivity contribution in [2.75, 3.05) is 19.3 Å². The third kappa shape index (κ3) is 10.1. The van der Waals surface area contributed by atoms with Gasteiger partial charge in [-0.25, -0.2) is 0 Å². The van der Waals surface area contributed by atoms with Crippen molar-refractivity contribution in [2.45, 2.75) is 39.5 Å². The van der Waals surface area contributed by atoms with Gasteiger partial charge in [0.2, 0.25) is 0 Å². The van der Waals surface area contributed by atoms with Gasteiger partial charge in [0.05, 0.1) is 0 Å². The van der Waals surface area contributed by atoms with Crippen LogP contribution in [0.25, 0.3) is 0 Å². The van der Waals surface area contributed by atoms with Crippen LogP contribution in [0.1, 0.15) is 39.5 Å². The second-order valence-electron chi connectivity index (χ2n) is 3.60. The highest BCUT2D eigenvalue weighted by atomic mass is 32.2. The molecule has 0 aromatic carbocycles. The van der Waals surface area contributed by atoms with Gasteiger partial charge in [-0.05, 0) is 38.6 Å². The van der Waals surface area contributed by atoms with E-state index in [1.54, 1.807) is 0 Å². The molecule has 1 heterocycles. The first kappa shape index (κ1) is 14.8. The zero-order valence-corrected chi connectivity index (χ0v) is 11.2. The molecule has 1 fully saturated rings. The maximum atomic E-state index is 3.11. The Kier molecular flexibility index (Phi) is 11.7. The summed E-state index contributed by atoms with van der Waals surface area (Å²) >= 11 is 1.82.